The van der Waals surface area contributed by atoms with Crippen LogP contribution in [0.1, 0.15) is 31.2 Å². The molecule has 0 saturated carbocycles. The van der Waals surface area contributed by atoms with Gasteiger partial charge in [0.2, 0.25) is 0 Å². The lowest BCUT2D eigenvalue weighted by atomic mass is 10.2. The van der Waals surface area contributed by atoms with Crippen molar-refractivity contribution in [2.45, 2.75) is 19.8 Å². The first-order valence-corrected chi connectivity index (χ1v) is 9.42. The highest BCUT2D eigenvalue weighted by molar-refractivity contribution is 9.10. The minimum absolute atomic E-state index is 0.0162. The van der Waals surface area contributed by atoms with Crippen LogP contribution in [-0.2, 0) is 4.79 Å². The molecule has 0 bridgehead atoms. The molecule has 0 radical (unpaired) electrons. The molecule has 3 aromatic rings. The standard InChI is InChI=1S/C20H19BrN4O3/c1-12(2)19-24-17-8-5-14(21)9-16(17)20(27)25(19)23-10-13-3-6-15(7-4-13)28-11-18(22)26/h3-10,12H,11H2,1-2H3,(H2,22,26). The van der Waals surface area contributed by atoms with Crippen LogP contribution in [-0.4, -0.2) is 28.4 Å². The number of ether oxygens (including phenoxy) is 1. The van der Waals surface area contributed by atoms with Gasteiger partial charge in [-0.15, -0.1) is 0 Å². The molecular weight excluding hydrogens is 424 g/mol. The zero-order valence-electron chi connectivity index (χ0n) is 15.4. The van der Waals surface area contributed by atoms with E-state index in [0.717, 1.165) is 10.0 Å². The number of rotatable bonds is 6. The van der Waals surface area contributed by atoms with Crippen molar-refractivity contribution in [1.82, 2.24) is 9.66 Å². The van der Waals surface area contributed by atoms with E-state index in [1.165, 1.54) is 4.68 Å². The lowest BCUT2D eigenvalue weighted by molar-refractivity contribution is -0.119. The second kappa shape index (κ2) is 8.35. The first-order valence-electron chi connectivity index (χ1n) is 8.63. The predicted molar refractivity (Wildman–Crippen MR) is 112 cm³/mol. The smallest absolute Gasteiger partial charge is 0.282 e. The van der Waals surface area contributed by atoms with E-state index in [2.05, 4.69) is 26.0 Å². The van der Waals surface area contributed by atoms with Gasteiger partial charge < -0.3 is 10.5 Å². The summed E-state index contributed by atoms with van der Waals surface area (Å²) in [5.41, 5.74) is 6.23. The summed E-state index contributed by atoms with van der Waals surface area (Å²) in [6.07, 6.45) is 1.58. The highest BCUT2D eigenvalue weighted by Crippen LogP contribution is 2.19. The van der Waals surface area contributed by atoms with Crippen molar-refractivity contribution in [3.05, 3.63) is 68.7 Å². The van der Waals surface area contributed by atoms with Gasteiger partial charge in [0.25, 0.3) is 11.5 Å². The molecule has 1 aromatic heterocycles. The van der Waals surface area contributed by atoms with Gasteiger partial charge in [0.05, 0.1) is 17.1 Å². The number of aromatic nitrogens is 2. The summed E-state index contributed by atoms with van der Waals surface area (Å²) in [6.45, 7) is 3.74. The molecule has 0 spiro atoms. The molecule has 2 N–H and O–H groups in total. The van der Waals surface area contributed by atoms with Gasteiger partial charge in [-0.2, -0.15) is 9.78 Å². The van der Waals surface area contributed by atoms with Crippen LogP contribution in [0.3, 0.4) is 0 Å². The van der Waals surface area contributed by atoms with Crippen molar-refractivity contribution >= 4 is 39.0 Å². The number of primary amides is 1. The van der Waals surface area contributed by atoms with E-state index in [0.29, 0.717) is 22.5 Å². The number of benzene rings is 2. The third-order valence-corrected chi connectivity index (χ3v) is 4.43. The van der Waals surface area contributed by atoms with Crippen LogP contribution < -0.4 is 16.0 Å². The summed E-state index contributed by atoms with van der Waals surface area (Å²) in [7, 11) is 0. The van der Waals surface area contributed by atoms with Gasteiger partial charge in [-0.1, -0.05) is 29.8 Å². The lowest BCUT2D eigenvalue weighted by Gasteiger charge is -2.12. The maximum Gasteiger partial charge on any atom is 0.282 e. The van der Waals surface area contributed by atoms with Crippen LogP contribution in [0.4, 0.5) is 0 Å². The number of carbonyl (C=O) groups is 1. The molecule has 0 atom stereocenters. The van der Waals surface area contributed by atoms with E-state index < -0.39 is 5.91 Å². The SMILES string of the molecule is CC(C)c1nc2ccc(Br)cc2c(=O)n1N=Cc1ccc(OCC(N)=O)cc1. The molecule has 3 rings (SSSR count). The quantitative estimate of drug-likeness (QED) is 0.592. The first-order chi connectivity index (χ1) is 13.3. The Balaban J connectivity index is 1.96. The van der Waals surface area contributed by atoms with Crippen LogP contribution in [0.15, 0.2) is 56.8 Å². The molecule has 0 aliphatic heterocycles. The number of halogens is 1. The van der Waals surface area contributed by atoms with Gasteiger partial charge in [0.15, 0.2) is 6.61 Å². The number of fused-ring (bicyclic) bond motifs is 1. The van der Waals surface area contributed by atoms with E-state index >= 15 is 0 Å². The molecule has 0 aliphatic carbocycles. The van der Waals surface area contributed by atoms with Crippen molar-refractivity contribution in [2.24, 2.45) is 10.8 Å². The summed E-state index contributed by atoms with van der Waals surface area (Å²) < 4.78 is 7.36. The van der Waals surface area contributed by atoms with Crippen molar-refractivity contribution in [3.8, 4) is 5.75 Å². The molecule has 7 nitrogen and oxygen atoms in total. The highest BCUT2D eigenvalue weighted by Gasteiger charge is 2.13. The van der Waals surface area contributed by atoms with E-state index in [1.807, 2.05) is 26.0 Å². The van der Waals surface area contributed by atoms with Crippen LogP contribution in [0.2, 0.25) is 0 Å². The number of hydrogen-bond donors (Lipinski definition) is 1. The van der Waals surface area contributed by atoms with Gasteiger partial charge in [-0.25, -0.2) is 4.98 Å². The summed E-state index contributed by atoms with van der Waals surface area (Å²) in [5.74, 6) is 0.579. The molecule has 0 saturated heterocycles. The first kappa shape index (κ1) is 19.8. The second-order valence-corrected chi connectivity index (χ2v) is 7.39. The topological polar surface area (TPSA) is 99.6 Å². The average molecular weight is 443 g/mol. The largest absolute Gasteiger partial charge is 0.484 e. The zero-order chi connectivity index (χ0) is 20.3. The van der Waals surface area contributed by atoms with Gasteiger partial charge in [-0.05, 0) is 48.0 Å². The minimum Gasteiger partial charge on any atom is -0.484 e. The Morgan fingerprint density at radius 3 is 2.64 bits per heavy atom. The molecule has 144 valence electrons. The molecule has 0 unspecified atom stereocenters. The van der Waals surface area contributed by atoms with Gasteiger partial charge in [0.1, 0.15) is 11.6 Å². The molecule has 28 heavy (non-hydrogen) atoms. The number of nitrogens with two attached hydrogens (primary N) is 1. The van der Waals surface area contributed by atoms with E-state index in [1.54, 1.807) is 36.5 Å². The van der Waals surface area contributed by atoms with E-state index in [9.17, 15) is 9.59 Å². The molecule has 8 heteroatoms. The number of hydrogen-bond acceptors (Lipinski definition) is 5. The number of amides is 1. The normalized spacial score (nSPS) is 11.4. The zero-order valence-corrected chi connectivity index (χ0v) is 17.0. The summed E-state index contributed by atoms with van der Waals surface area (Å²) in [5, 5.41) is 4.86. The fraction of sp³-hybridized carbons (Fsp3) is 0.200. The monoisotopic (exact) mass is 442 g/mol. The molecular formula is C20H19BrN4O3. The van der Waals surface area contributed by atoms with Crippen LogP contribution in [0.25, 0.3) is 10.9 Å². The van der Waals surface area contributed by atoms with Crippen LogP contribution in [0, 0.1) is 0 Å². The highest BCUT2D eigenvalue weighted by atomic mass is 79.9. The molecule has 1 amide bonds. The summed E-state index contributed by atoms with van der Waals surface area (Å²) in [4.78, 5) is 28.3. The van der Waals surface area contributed by atoms with Crippen LogP contribution >= 0.6 is 15.9 Å². The number of nitrogens with zero attached hydrogens (tertiary/aromatic N) is 3. The van der Waals surface area contributed by atoms with Gasteiger partial charge in [-0.3, -0.25) is 9.59 Å². The van der Waals surface area contributed by atoms with Crippen molar-refractivity contribution in [3.63, 3.8) is 0 Å². The molecule has 0 fully saturated rings. The fourth-order valence-electron chi connectivity index (χ4n) is 2.58. The van der Waals surface area contributed by atoms with Gasteiger partial charge in [0, 0.05) is 10.4 Å². The lowest BCUT2D eigenvalue weighted by Crippen LogP contribution is -2.23. The maximum absolute atomic E-state index is 13.0. The fourth-order valence-corrected chi connectivity index (χ4v) is 2.94. The minimum atomic E-state index is -0.540. The van der Waals surface area contributed by atoms with Crippen LogP contribution in [0.5, 0.6) is 5.75 Å². The second-order valence-electron chi connectivity index (χ2n) is 6.47. The third kappa shape index (κ3) is 4.45. The Morgan fingerprint density at radius 2 is 2.00 bits per heavy atom. The summed E-state index contributed by atoms with van der Waals surface area (Å²) >= 11 is 3.39. The molecule has 2 aromatic carbocycles. The maximum atomic E-state index is 13.0. The Labute approximate surface area is 170 Å². The Morgan fingerprint density at radius 1 is 1.29 bits per heavy atom. The van der Waals surface area contributed by atoms with Gasteiger partial charge >= 0.3 is 0 Å². The van der Waals surface area contributed by atoms with E-state index in [4.69, 9.17) is 10.5 Å². The van der Waals surface area contributed by atoms with Crippen molar-refractivity contribution in [1.29, 1.82) is 0 Å². The van der Waals surface area contributed by atoms with Crippen molar-refractivity contribution < 1.29 is 9.53 Å². The van der Waals surface area contributed by atoms with E-state index in [-0.39, 0.29) is 18.1 Å². The average Bonchev–Trinajstić information content (AvgIpc) is 2.66. The van der Waals surface area contributed by atoms with Crippen molar-refractivity contribution in [2.75, 3.05) is 6.61 Å². The Bertz CT molecular complexity index is 1100. The number of carbonyl (C=O) groups excluding carboxylic acids is 1. The molecule has 1 heterocycles. The molecule has 0 aliphatic rings. The Kier molecular flexibility index (Phi) is 5.89. The Hall–Kier alpha value is -3.00. The predicted octanol–water partition coefficient (Wildman–Crippen LogP) is 3.03. The summed E-state index contributed by atoms with van der Waals surface area (Å²) in [6, 6.07) is 12.3. The third-order valence-electron chi connectivity index (χ3n) is 3.93.